The van der Waals surface area contributed by atoms with E-state index in [4.69, 9.17) is 4.74 Å². The topological polar surface area (TPSA) is 67.4 Å². The van der Waals surface area contributed by atoms with E-state index in [1.54, 1.807) is 38.1 Å². The van der Waals surface area contributed by atoms with Gasteiger partial charge in [-0.15, -0.1) is 0 Å². The number of benzene rings is 2. The molecule has 1 aliphatic heterocycles. The fraction of sp³-hybridized carbons (Fsp3) is 0.200. The molecule has 5 nitrogen and oxygen atoms in total. The van der Waals surface area contributed by atoms with Gasteiger partial charge in [-0.25, -0.2) is 0 Å². The van der Waals surface area contributed by atoms with Gasteiger partial charge in [-0.05, 0) is 50.6 Å². The van der Waals surface area contributed by atoms with Crippen molar-refractivity contribution in [1.29, 1.82) is 0 Å². The maximum atomic E-state index is 12.1. The van der Waals surface area contributed by atoms with Crippen LogP contribution in [-0.2, 0) is 9.59 Å². The number of anilines is 2. The monoisotopic (exact) mass is 336 g/mol. The summed E-state index contributed by atoms with van der Waals surface area (Å²) in [5.41, 5.74) is 2.34. The minimum Gasteiger partial charge on any atom is -0.476 e. The Balaban J connectivity index is 1.69. The van der Waals surface area contributed by atoms with Crippen LogP contribution in [0, 0.1) is 6.92 Å². The predicted molar refractivity (Wildman–Crippen MR) is 98.6 cm³/mol. The number of carbonyl (C=O) groups excluding carboxylic acids is 2. The van der Waals surface area contributed by atoms with Crippen molar-refractivity contribution in [3.8, 4) is 5.75 Å². The highest BCUT2D eigenvalue weighted by atomic mass is 16.5. The molecule has 1 aliphatic rings. The van der Waals surface area contributed by atoms with Gasteiger partial charge in [0.15, 0.2) is 5.60 Å². The summed E-state index contributed by atoms with van der Waals surface area (Å²) < 4.78 is 5.67. The summed E-state index contributed by atoms with van der Waals surface area (Å²) in [7, 11) is 0. The Morgan fingerprint density at radius 2 is 1.88 bits per heavy atom. The van der Waals surface area contributed by atoms with Gasteiger partial charge in [-0.3, -0.25) is 9.59 Å². The summed E-state index contributed by atoms with van der Waals surface area (Å²) in [5, 5.41) is 5.57. The maximum absolute atomic E-state index is 12.1. The second kappa shape index (κ2) is 6.43. The molecule has 0 atom stereocenters. The number of hydrogen-bond donors (Lipinski definition) is 2. The fourth-order valence-electron chi connectivity index (χ4n) is 2.42. The van der Waals surface area contributed by atoms with Gasteiger partial charge in [0.05, 0.1) is 5.69 Å². The van der Waals surface area contributed by atoms with Gasteiger partial charge < -0.3 is 15.4 Å². The number of fused-ring (bicyclic) bond motifs is 1. The Labute approximate surface area is 146 Å². The highest BCUT2D eigenvalue weighted by Gasteiger charge is 2.35. The summed E-state index contributed by atoms with van der Waals surface area (Å²) in [4.78, 5) is 24.0. The molecule has 0 bridgehead atoms. The second-order valence-corrected chi connectivity index (χ2v) is 6.51. The third kappa shape index (κ3) is 3.88. The second-order valence-electron chi connectivity index (χ2n) is 6.51. The summed E-state index contributed by atoms with van der Waals surface area (Å²) in [6.45, 7) is 5.42. The van der Waals surface area contributed by atoms with E-state index in [9.17, 15) is 9.59 Å². The van der Waals surface area contributed by atoms with Crippen LogP contribution in [0.2, 0.25) is 0 Å². The van der Waals surface area contributed by atoms with Gasteiger partial charge in [0.25, 0.3) is 5.91 Å². The predicted octanol–water partition coefficient (Wildman–Crippen LogP) is 3.76. The van der Waals surface area contributed by atoms with Crippen molar-refractivity contribution in [2.45, 2.75) is 26.4 Å². The van der Waals surface area contributed by atoms with Crippen molar-refractivity contribution in [3.05, 3.63) is 59.7 Å². The molecule has 0 aromatic heterocycles. The van der Waals surface area contributed by atoms with Gasteiger partial charge in [0.2, 0.25) is 5.91 Å². The molecule has 2 aromatic carbocycles. The van der Waals surface area contributed by atoms with Crippen molar-refractivity contribution in [3.63, 3.8) is 0 Å². The van der Waals surface area contributed by atoms with Gasteiger partial charge in [0, 0.05) is 11.8 Å². The SMILES string of the molecule is Cc1ccc(/C=C/C(=O)Nc2ccc3c(c2)NC(=O)C(C)(C)O3)cc1. The van der Waals surface area contributed by atoms with E-state index in [0.29, 0.717) is 17.1 Å². The summed E-state index contributed by atoms with van der Waals surface area (Å²) in [5.74, 6) is 0.115. The fourth-order valence-corrected chi connectivity index (χ4v) is 2.42. The Morgan fingerprint density at radius 1 is 1.16 bits per heavy atom. The van der Waals surface area contributed by atoms with Crippen LogP contribution in [0.4, 0.5) is 11.4 Å². The average molecular weight is 336 g/mol. The molecular weight excluding hydrogens is 316 g/mol. The normalized spacial score (nSPS) is 15.2. The summed E-state index contributed by atoms with van der Waals surface area (Å²) in [6, 6.07) is 13.0. The van der Waals surface area contributed by atoms with Crippen molar-refractivity contribution >= 4 is 29.3 Å². The van der Waals surface area contributed by atoms with E-state index in [2.05, 4.69) is 10.6 Å². The zero-order valence-corrected chi connectivity index (χ0v) is 14.4. The third-order valence-electron chi connectivity index (χ3n) is 3.91. The lowest BCUT2D eigenvalue weighted by atomic mass is 10.1. The van der Waals surface area contributed by atoms with Gasteiger partial charge in [0.1, 0.15) is 5.75 Å². The highest BCUT2D eigenvalue weighted by molar-refractivity contribution is 6.04. The molecule has 25 heavy (non-hydrogen) atoms. The van der Waals surface area contributed by atoms with Crippen LogP contribution >= 0.6 is 0 Å². The molecule has 128 valence electrons. The number of ether oxygens (including phenoxy) is 1. The van der Waals surface area contributed by atoms with Crippen LogP contribution in [0.5, 0.6) is 5.75 Å². The molecule has 2 amide bonds. The molecule has 0 saturated carbocycles. The van der Waals surface area contributed by atoms with Crippen LogP contribution in [0.25, 0.3) is 6.08 Å². The first-order valence-electron chi connectivity index (χ1n) is 8.04. The number of aryl methyl sites for hydroxylation is 1. The van der Waals surface area contributed by atoms with Crippen LogP contribution in [0.15, 0.2) is 48.5 Å². The first-order valence-corrected chi connectivity index (χ1v) is 8.04. The third-order valence-corrected chi connectivity index (χ3v) is 3.91. The molecule has 0 aliphatic carbocycles. The van der Waals surface area contributed by atoms with E-state index in [1.807, 2.05) is 31.2 Å². The molecule has 0 fully saturated rings. The largest absolute Gasteiger partial charge is 0.476 e. The van der Waals surface area contributed by atoms with Gasteiger partial charge >= 0.3 is 0 Å². The molecule has 5 heteroatoms. The Kier molecular flexibility index (Phi) is 4.31. The van der Waals surface area contributed by atoms with E-state index in [-0.39, 0.29) is 11.8 Å². The minimum absolute atomic E-state index is 0.220. The molecule has 0 saturated heterocycles. The Bertz CT molecular complexity index is 852. The van der Waals surface area contributed by atoms with E-state index in [0.717, 1.165) is 5.56 Å². The molecule has 1 heterocycles. The van der Waals surface area contributed by atoms with Gasteiger partial charge in [-0.2, -0.15) is 0 Å². The average Bonchev–Trinajstić information content (AvgIpc) is 2.55. The molecular formula is C20H20N2O3. The minimum atomic E-state index is -0.908. The number of amides is 2. The number of hydrogen-bond acceptors (Lipinski definition) is 3. The van der Waals surface area contributed by atoms with Crippen LogP contribution < -0.4 is 15.4 Å². The lowest BCUT2D eigenvalue weighted by Crippen LogP contribution is -2.45. The Hall–Kier alpha value is -3.08. The highest BCUT2D eigenvalue weighted by Crippen LogP contribution is 2.35. The lowest BCUT2D eigenvalue weighted by Gasteiger charge is -2.31. The smallest absolute Gasteiger partial charge is 0.268 e. The number of nitrogens with one attached hydrogen (secondary N) is 2. The van der Waals surface area contributed by atoms with E-state index >= 15 is 0 Å². The molecule has 0 unspecified atom stereocenters. The van der Waals surface area contributed by atoms with E-state index in [1.165, 1.54) is 11.6 Å². The van der Waals surface area contributed by atoms with Gasteiger partial charge in [-0.1, -0.05) is 29.8 Å². The number of rotatable bonds is 3. The van der Waals surface area contributed by atoms with Crippen molar-refractivity contribution in [2.75, 3.05) is 10.6 Å². The number of carbonyl (C=O) groups is 2. The standard InChI is InChI=1S/C20H20N2O3/c1-13-4-6-14(7-5-13)8-11-18(23)21-15-9-10-17-16(12-15)22-19(24)20(2,3)25-17/h4-12H,1-3H3,(H,21,23)(H,22,24)/b11-8+. The molecule has 0 radical (unpaired) electrons. The zero-order chi connectivity index (χ0) is 18.0. The Morgan fingerprint density at radius 3 is 2.60 bits per heavy atom. The van der Waals surface area contributed by atoms with Crippen LogP contribution in [0.3, 0.4) is 0 Å². The molecule has 2 N–H and O–H groups in total. The maximum Gasteiger partial charge on any atom is 0.268 e. The lowest BCUT2D eigenvalue weighted by molar-refractivity contribution is -0.129. The molecule has 0 spiro atoms. The van der Waals surface area contributed by atoms with Crippen LogP contribution in [-0.4, -0.2) is 17.4 Å². The molecule has 3 rings (SSSR count). The van der Waals surface area contributed by atoms with E-state index < -0.39 is 5.60 Å². The summed E-state index contributed by atoms with van der Waals surface area (Å²) in [6.07, 6.45) is 3.23. The van der Waals surface area contributed by atoms with Crippen molar-refractivity contribution < 1.29 is 14.3 Å². The first kappa shape index (κ1) is 16.8. The summed E-state index contributed by atoms with van der Waals surface area (Å²) >= 11 is 0. The quantitative estimate of drug-likeness (QED) is 0.839. The first-order chi connectivity index (χ1) is 11.8. The van der Waals surface area contributed by atoms with Crippen molar-refractivity contribution in [1.82, 2.24) is 0 Å². The van der Waals surface area contributed by atoms with Crippen molar-refractivity contribution in [2.24, 2.45) is 0 Å². The molecule has 2 aromatic rings. The van der Waals surface area contributed by atoms with Crippen LogP contribution in [0.1, 0.15) is 25.0 Å². The zero-order valence-electron chi connectivity index (χ0n) is 14.4.